The Kier molecular flexibility index (Phi) is 6.93. The largest absolute Gasteiger partial charge is 0.312 e. The van der Waals surface area contributed by atoms with Crippen LogP contribution in [-0.2, 0) is 9.84 Å². The van der Waals surface area contributed by atoms with Gasteiger partial charge in [0.15, 0.2) is 0 Å². The van der Waals surface area contributed by atoms with Crippen LogP contribution in [0.2, 0.25) is 0 Å². The van der Waals surface area contributed by atoms with Gasteiger partial charge in [-0.2, -0.15) is 0 Å². The van der Waals surface area contributed by atoms with E-state index in [0.29, 0.717) is 6.42 Å². The van der Waals surface area contributed by atoms with E-state index >= 15 is 0 Å². The third kappa shape index (κ3) is 5.49. The highest BCUT2D eigenvalue weighted by Gasteiger charge is 2.16. The van der Waals surface area contributed by atoms with Gasteiger partial charge in [0.05, 0.1) is 17.5 Å². The van der Waals surface area contributed by atoms with Crippen molar-refractivity contribution < 1.29 is 8.42 Å². The molecule has 0 aromatic carbocycles. The standard InChI is InChI=1S/C12H18Br2N2O2S/c1-3-19(17,18)6-4-5-11(15-2)12-10(14)7-9(13)8-16-12/h7-8,11,15H,3-6H2,1-2H3. The number of rotatable bonds is 7. The van der Waals surface area contributed by atoms with Gasteiger partial charge in [-0.15, -0.1) is 0 Å². The average Bonchev–Trinajstić information content (AvgIpc) is 2.36. The number of aromatic nitrogens is 1. The summed E-state index contributed by atoms with van der Waals surface area (Å²) in [4.78, 5) is 4.38. The van der Waals surface area contributed by atoms with Gasteiger partial charge in [-0.3, -0.25) is 4.98 Å². The summed E-state index contributed by atoms with van der Waals surface area (Å²) in [6.45, 7) is 1.68. The van der Waals surface area contributed by atoms with E-state index in [4.69, 9.17) is 0 Å². The minimum absolute atomic E-state index is 0.0505. The van der Waals surface area contributed by atoms with Gasteiger partial charge in [0.25, 0.3) is 0 Å². The molecule has 0 saturated heterocycles. The molecule has 0 saturated carbocycles. The molecule has 1 aromatic heterocycles. The topological polar surface area (TPSA) is 59.1 Å². The second-order valence-corrected chi connectivity index (χ2v) is 8.48. The number of nitrogens with zero attached hydrogens (tertiary/aromatic N) is 1. The van der Waals surface area contributed by atoms with Crippen molar-refractivity contribution in [2.45, 2.75) is 25.8 Å². The van der Waals surface area contributed by atoms with Crippen molar-refractivity contribution in [2.75, 3.05) is 18.6 Å². The van der Waals surface area contributed by atoms with Crippen molar-refractivity contribution in [1.29, 1.82) is 0 Å². The molecule has 0 aliphatic rings. The molecule has 1 N–H and O–H groups in total. The van der Waals surface area contributed by atoms with Crippen LogP contribution in [0.5, 0.6) is 0 Å². The third-order valence-corrected chi connectivity index (χ3v) is 5.76. The Morgan fingerprint density at radius 1 is 1.42 bits per heavy atom. The first-order valence-corrected chi connectivity index (χ1v) is 9.49. The lowest BCUT2D eigenvalue weighted by Crippen LogP contribution is -2.19. The zero-order valence-corrected chi connectivity index (χ0v) is 15.0. The molecule has 1 heterocycles. The lowest BCUT2D eigenvalue weighted by molar-refractivity contribution is 0.522. The van der Waals surface area contributed by atoms with Gasteiger partial charge in [-0.25, -0.2) is 8.42 Å². The van der Waals surface area contributed by atoms with Crippen LogP contribution >= 0.6 is 31.9 Å². The Morgan fingerprint density at radius 2 is 2.11 bits per heavy atom. The molecule has 0 amide bonds. The average molecular weight is 414 g/mol. The van der Waals surface area contributed by atoms with Gasteiger partial charge in [-0.1, -0.05) is 6.92 Å². The van der Waals surface area contributed by atoms with Gasteiger partial charge in [0.1, 0.15) is 9.84 Å². The maximum Gasteiger partial charge on any atom is 0.150 e. The molecular weight excluding hydrogens is 396 g/mol. The van der Waals surface area contributed by atoms with Crippen molar-refractivity contribution in [3.8, 4) is 0 Å². The van der Waals surface area contributed by atoms with Crippen molar-refractivity contribution in [3.05, 3.63) is 26.9 Å². The molecule has 0 spiro atoms. The molecule has 1 atom stereocenters. The lowest BCUT2D eigenvalue weighted by Gasteiger charge is -2.17. The SMILES string of the molecule is CCS(=O)(=O)CCCC(NC)c1ncc(Br)cc1Br. The van der Waals surface area contributed by atoms with Crippen LogP contribution in [-0.4, -0.2) is 32.0 Å². The highest BCUT2D eigenvalue weighted by molar-refractivity contribution is 9.11. The summed E-state index contributed by atoms with van der Waals surface area (Å²) in [6, 6.07) is 1.99. The molecular formula is C12H18Br2N2O2S. The van der Waals surface area contributed by atoms with Crippen LogP contribution in [0, 0.1) is 0 Å². The van der Waals surface area contributed by atoms with E-state index in [2.05, 4.69) is 42.2 Å². The maximum atomic E-state index is 11.5. The summed E-state index contributed by atoms with van der Waals surface area (Å²) < 4.78 is 24.8. The minimum Gasteiger partial charge on any atom is -0.312 e. The Hall–Kier alpha value is 0.0200. The second kappa shape index (κ2) is 7.71. The van der Waals surface area contributed by atoms with E-state index in [0.717, 1.165) is 21.1 Å². The Labute approximate surface area is 131 Å². The summed E-state index contributed by atoms with van der Waals surface area (Å²) in [5, 5.41) is 3.18. The molecule has 1 rings (SSSR count). The van der Waals surface area contributed by atoms with Crippen molar-refractivity contribution in [2.24, 2.45) is 0 Å². The molecule has 0 bridgehead atoms. The number of nitrogens with one attached hydrogen (secondary N) is 1. The summed E-state index contributed by atoms with van der Waals surface area (Å²) >= 11 is 6.85. The van der Waals surface area contributed by atoms with E-state index in [1.54, 1.807) is 13.1 Å². The van der Waals surface area contributed by atoms with Crippen molar-refractivity contribution in [3.63, 3.8) is 0 Å². The third-order valence-electron chi connectivity index (χ3n) is 2.90. The second-order valence-electron chi connectivity index (χ2n) is 4.24. The quantitative estimate of drug-likeness (QED) is 0.746. The fraction of sp³-hybridized carbons (Fsp3) is 0.583. The number of hydrogen-bond acceptors (Lipinski definition) is 4. The van der Waals surface area contributed by atoms with E-state index in [-0.39, 0.29) is 17.5 Å². The normalized spacial score (nSPS) is 13.5. The fourth-order valence-electron chi connectivity index (χ4n) is 1.75. The summed E-state index contributed by atoms with van der Waals surface area (Å²) in [5.41, 5.74) is 0.902. The van der Waals surface area contributed by atoms with E-state index in [1.807, 2.05) is 13.1 Å². The Bertz CT molecular complexity index is 520. The number of sulfone groups is 1. The van der Waals surface area contributed by atoms with Crippen LogP contribution in [0.4, 0.5) is 0 Å². The molecule has 108 valence electrons. The number of hydrogen-bond donors (Lipinski definition) is 1. The van der Waals surface area contributed by atoms with Gasteiger partial charge < -0.3 is 5.32 Å². The fourth-order valence-corrected chi connectivity index (χ4v) is 3.91. The van der Waals surface area contributed by atoms with Crippen LogP contribution in [0.25, 0.3) is 0 Å². The molecule has 0 aliphatic carbocycles. The number of halogens is 2. The molecule has 19 heavy (non-hydrogen) atoms. The van der Waals surface area contributed by atoms with E-state index in [1.165, 1.54) is 0 Å². The van der Waals surface area contributed by atoms with E-state index < -0.39 is 9.84 Å². The minimum atomic E-state index is -2.89. The van der Waals surface area contributed by atoms with Crippen LogP contribution in [0.1, 0.15) is 31.5 Å². The Balaban J connectivity index is 2.68. The highest BCUT2D eigenvalue weighted by Crippen LogP contribution is 2.27. The first kappa shape index (κ1) is 17.1. The van der Waals surface area contributed by atoms with Gasteiger partial charge >= 0.3 is 0 Å². The van der Waals surface area contributed by atoms with Gasteiger partial charge in [0.2, 0.25) is 0 Å². The van der Waals surface area contributed by atoms with Gasteiger partial charge in [-0.05, 0) is 57.8 Å². The van der Waals surface area contributed by atoms with E-state index in [9.17, 15) is 8.42 Å². The molecule has 0 radical (unpaired) electrons. The van der Waals surface area contributed by atoms with Crippen molar-refractivity contribution in [1.82, 2.24) is 10.3 Å². The Morgan fingerprint density at radius 3 is 2.63 bits per heavy atom. The molecule has 7 heteroatoms. The predicted molar refractivity (Wildman–Crippen MR) is 85.0 cm³/mol. The lowest BCUT2D eigenvalue weighted by atomic mass is 10.1. The first-order chi connectivity index (χ1) is 8.89. The van der Waals surface area contributed by atoms with Crippen LogP contribution in [0.3, 0.4) is 0 Å². The van der Waals surface area contributed by atoms with Gasteiger partial charge in [0, 0.05) is 20.9 Å². The number of pyridine rings is 1. The first-order valence-electron chi connectivity index (χ1n) is 6.08. The monoisotopic (exact) mass is 412 g/mol. The van der Waals surface area contributed by atoms with Crippen molar-refractivity contribution >= 4 is 41.7 Å². The zero-order valence-electron chi connectivity index (χ0n) is 11.0. The van der Waals surface area contributed by atoms with Crippen LogP contribution in [0.15, 0.2) is 21.2 Å². The summed E-state index contributed by atoms with van der Waals surface area (Å²) in [5.74, 6) is 0.438. The summed E-state index contributed by atoms with van der Waals surface area (Å²) in [7, 11) is -1.03. The predicted octanol–water partition coefficient (Wildman–Crippen LogP) is 3.08. The molecule has 0 aliphatic heterocycles. The van der Waals surface area contributed by atoms with Crippen LogP contribution < -0.4 is 5.32 Å². The molecule has 1 aromatic rings. The smallest absolute Gasteiger partial charge is 0.150 e. The molecule has 0 fully saturated rings. The maximum absolute atomic E-state index is 11.5. The molecule has 1 unspecified atom stereocenters. The zero-order chi connectivity index (χ0) is 14.5. The highest BCUT2D eigenvalue weighted by atomic mass is 79.9. The molecule has 4 nitrogen and oxygen atoms in total. The summed E-state index contributed by atoms with van der Waals surface area (Å²) in [6.07, 6.45) is 3.11.